The minimum atomic E-state index is -1.05. The summed E-state index contributed by atoms with van der Waals surface area (Å²) in [5.74, 6) is -1.38. The Bertz CT molecular complexity index is 1090. The van der Waals surface area contributed by atoms with E-state index in [1.165, 1.54) is 19.1 Å². The zero-order valence-corrected chi connectivity index (χ0v) is 28.6. The highest BCUT2D eigenvalue weighted by molar-refractivity contribution is 14.1. The maximum absolute atomic E-state index is 13.6. The van der Waals surface area contributed by atoms with Crippen LogP contribution < -0.4 is 10.1 Å². The van der Waals surface area contributed by atoms with Gasteiger partial charge in [0, 0.05) is 33.3 Å². The van der Waals surface area contributed by atoms with Gasteiger partial charge in [-0.15, -0.1) is 0 Å². The Morgan fingerprint density at radius 3 is 2.22 bits per heavy atom. The number of nitrogens with one attached hydrogen (secondary N) is 1. The molecule has 0 aliphatic carbocycles. The monoisotopic (exact) mass is 726 g/mol. The smallest absolute Gasteiger partial charge is 0.328 e. The molecule has 1 aromatic rings. The number of amides is 2. The standard InChI is InChI=1S/C29H41Cl2IN2O7/c1-9-17(2)25(34(5)28(36)18(3)10-11-24(39-7)19(4)15-32)27(35)33-23(29(37)40-8)14-20-12-21(30)26(22(31)13-20)41-16-38-6/h10,12-13,15,17,23-25H,9,11,14,16H2,1-8H3,(H,33,35)/b18-10+,19-15+/t17-,23+,24+,25-/m0/s1. The van der Waals surface area contributed by atoms with Crippen molar-refractivity contribution in [2.24, 2.45) is 5.92 Å². The van der Waals surface area contributed by atoms with E-state index in [0.717, 1.165) is 5.57 Å². The van der Waals surface area contributed by atoms with Gasteiger partial charge in [0.05, 0.1) is 23.3 Å². The maximum Gasteiger partial charge on any atom is 0.328 e. The van der Waals surface area contributed by atoms with Gasteiger partial charge in [-0.3, -0.25) is 9.59 Å². The van der Waals surface area contributed by atoms with Gasteiger partial charge in [-0.25, -0.2) is 4.79 Å². The number of halogens is 3. The number of likely N-dealkylation sites (N-methyl/N-ethyl adjacent to an activating group) is 1. The van der Waals surface area contributed by atoms with Gasteiger partial charge in [0.15, 0.2) is 12.5 Å². The molecule has 0 saturated carbocycles. The van der Waals surface area contributed by atoms with Crippen molar-refractivity contribution in [3.8, 4) is 5.75 Å². The van der Waals surface area contributed by atoms with E-state index < -0.39 is 24.0 Å². The lowest BCUT2D eigenvalue weighted by molar-refractivity contribution is -0.146. The van der Waals surface area contributed by atoms with Gasteiger partial charge in [-0.2, -0.15) is 0 Å². The second-order valence-corrected chi connectivity index (χ2v) is 11.1. The fourth-order valence-corrected chi connectivity index (χ4v) is 5.21. The Balaban J connectivity index is 3.21. The van der Waals surface area contributed by atoms with E-state index in [2.05, 4.69) is 27.9 Å². The van der Waals surface area contributed by atoms with Crippen LogP contribution in [0.1, 0.15) is 46.1 Å². The molecule has 2 amide bonds. The molecule has 1 aromatic carbocycles. The van der Waals surface area contributed by atoms with Crippen LogP contribution in [0.2, 0.25) is 10.0 Å². The molecular formula is C29H41Cl2IN2O7. The van der Waals surface area contributed by atoms with Crippen molar-refractivity contribution < 1.29 is 33.3 Å². The molecule has 41 heavy (non-hydrogen) atoms. The molecule has 12 heteroatoms. The summed E-state index contributed by atoms with van der Waals surface area (Å²) in [6.07, 6.45) is 2.84. The van der Waals surface area contributed by atoms with Gasteiger partial charge in [-0.1, -0.05) is 72.1 Å². The van der Waals surface area contributed by atoms with E-state index in [1.54, 1.807) is 33.2 Å². The average molecular weight is 727 g/mol. The van der Waals surface area contributed by atoms with Crippen molar-refractivity contribution in [3.05, 3.63) is 49.0 Å². The Labute approximate surface area is 267 Å². The molecule has 0 aliphatic heterocycles. The number of carbonyl (C=O) groups is 3. The van der Waals surface area contributed by atoms with Gasteiger partial charge in [0.25, 0.3) is 0 Å². The third-order valence-electron chi connectivity index (χ3n) is 6.75. The topological polar surface area (TPSA) is 103 Å². The quantitative estimate of drug-likeness (QED) is 0.100. The highest BCUT2D eigenvalue weighted by Crippen LogP contribution is 2.34. The van der Waals surface area contributed by atoms with Crippen molar-refractivity contribution in [3.63, 3.8) is 0 Å². The molecule has 0 bridgehead atoms. The number of hydrogen-bond donors (Lipinski definition) is 1. The van der Waals surface area contributed by atoms with E-state index in [9.17, 15) is 14.4 Å². The van der Waals surface area contributed by atoms with Crippen LogP contribution in [0.4, 0.5) is 0 Å². The number of ether oxygens (including phenoxy) is 4. The lowest BCUT2D eigenvalue weighted by Crippen LogP contribution is -2.55. The summed E-state index contributed by atoms with van der Waals surface area (Å²) in [5, 5.41) is 3.24. The average Bonchev–Trinajstić information content (AvgIpc) is 2.95. The summed E-state index contributed by atoms with van der Waals surface area (Å²) in [6.45, 7) is 7.45. The first-order valence-corrected chi connectivity index (χ1v) is 15.1. The minimum absolute atomic E-state index is 0.0420. The number of benzene rings is 1. The molecular weight excluding hydrogens is 686 g/mol. The molecule has 0 aliphatic rings. The van der Waals surface area contributed by atoms with Crippen LogP contribution in [-0.4, -0.2) is 76.0 Å². The molecule has 230 valence electrons. The number of rotatable bonds is 16. The summed E-state index contributed by atoms with van der Waals surface area (Å²) in [4.78, 5) is 41.1. The molecule has 0 unspecified atom stereocenters. The molecule has 0 heterocycles. The first-order chi connectivity index (χ1) is 19.4. The van der Waals surface area contributed by atoms with Crippen molar-refractivity contribution in [2.45, 2.75) is 65.1 Å². The maximum atomic E-state index is 13.6. The first-order valence-electron chi connectivity index (χ1n) is 13.1. The Kier molecular flexibility index (Phi) is 16.9. The first kappa shape index (κ1) is 37.2. The SMILES string of the molecule is CC[C@H](C)[C@@H](C(=O)N[C@H](Cc1cc(Cl)c(OCOC)c(Cl)c1)C(=O)OC)N(C)C(=O)/C(C)=C/C[C@@H](OC)/C(C)=C/I. The number of nitrogens with zero attached hydrogens (tertiary/aromatic N) is 1. The van der Waals surface area contributed by atoms with Gasteiger partial charge in [0.2, 0.25) is 11.8 Å². The van der Waals surface area contributed by atoms with Crippen LogP contribution in [0.5, 0.6) is 5.75 Å². The number of hydrogen-bond acceptors (Lipinski definition) is 7. The van der Waals surface area contributed by atoms with Gasteiger partial charge in [-0.05, 0) is 53.5 Å². The molecule has 1 rings (SSSR count). The number of methoxy groups -OCH3 is 3. The van der Waals surface area contributed by atoms with E-state index in [1.807, 2.05) is 30.9 Å². The molecule has 0 aromatic heterocycles. The summed E-state index contributed by atoms with van der Waals surface area (Å²) >= 11 is 14.8. The largest absolute Gasteiger partial charge is 0.467 e. The Morgan fingerprint density at radius 1 is 1.12 bits per heavy atom. The summed E-state index contributed by atoms with van der Waals surface area (Å²) in [6, 6.07) is 1.30. The molecule has 0 saturated heterocycles. The zero-order valence-electron chi connectivity index (χ0n) is 24.9. The van der Waals surface area contributed by atoms with Crippen molar-refractivity contribution >= 4 is 63.6 Å². The lowest BCUT2D eigenvalue weighted by Gasteiger charge is -2.33. The van der Waals surface area contributed by atoms with Crippen LogP contribution >= 0.6 is 45.8 Å². The van der Waals surface area contributed by atoms with Gasteiger partial charge < -0.3 is 29.2 Å². The third kappa shape index (κ3) is 11.1. The van der Waals surface area contributed by atoms with E-state index in [-0.39, 0.29) is 46.9 Å². The zero-order chi connectivity index (χ0) is 31.3. The van der Waals surface area contributed by atoms with Crippen LogP contribution in [0.3, 0.4) is 0 Å². The molecule has 1 N–H and O–H groups in total. The Hall–Kier alpha value is -1.86. The normalized spacial score (nSPS) is 15.0. The predicted octanol–water partition coefficient (Wildman–Crippen LogP) is 5.74. The van der Waals surface area contributed by atoms with Crippen molar-refractivity contribution in [2.75, 3.05) is 35.2 Å². The predicted molar refractivity (Wildman–Crippen MR) is 170 cm³/mol. The lowest BCUT2D eigenvalue weighted by atomic mass is 9.95. The fourth-order valence-electron chi connectivity index (χ4n) is 4.17. The molecule has 0 radical (unpaired) electrons. The van der Waals surface area contributed by atoms with Gasteiger partial charge >= 0.3 is 5.97 Å². The summed E-state index contributed by atoms with van der Waals surface area (Å²) < 4.78 is 22.7. The molecule has 0 spiro atoms. The van der Waals surface area contributed by atoms with Crippen molar-refractivity contribution in [1.29, 1.82) is 0 Å². The van der Waals surface area contributed by atoms with Crippen LogP contribution in [0, 0.1) is 5.92 Å². The van der Waals surface area contributed by atoms with Crippen molar-refractivity contribution in [1.82, 2.24) is 10.2 Å². The highest BCUT2D eigenvalue weighted by Gasteiger charge is 2.34. The summed E-state index contributed by atoms with van der Waals surface area (Å²) in [5.41, 5.74) is 2.11. The Morgan fingerprint density at radius 2 is 1.73 bits per heavy atom. The van der Waals surface area contributed by atoms with Crippen LogP contribution in [0.15, 0.2) is 33.4 Å². The van der Waals surface area contributed by atoms with Gasteiger partial charge in [0.1, 0.15) is 12.1 Å². The second-order valence-electron chi connectivity index (χ2n) is 9.67. The van der Waals surface area contributed by atoms with Crippen LogP contribution in [0.25, 0.3) is 0 Å². The van der Waals surface area contributed by atoms with Crippen LogP contribution in [-0.2, 0) is 35.0 Å². The molecule has 4 atom stereocenters. The third-order valence-corrected chi connectivity index (χ3v) is 8.29. The molecule has 0 fully saturated rings. The second kappa shape index (κ2) is 18.6. The van der Waals surface area contributed by atoms with E-state index in [0.29, 0.717) is 24.0 Å². The minimum Gasteiger partial charge on any atom is -0.467 e. The highest BCUT2D eigenvalue weighted by atomic mass is 127. The van der Waals surface area contributed by atoms with E-state index >= 15 is 0 Å². The van der Waals surface area contributed by atoms with E-state index in [4.69, 9.17) is 42.1 Å². The number of carbonyl (C=O) groups excluding carboxylic acids is 3. The summed E-state index contributed by atoms with van der Waals surface area (Å²) in [7, 11) is 5.92. The fraction of sp³-hybridized carbons (Fsp3) is 0.552. The number of esters is 1. The molecule has 9 nitrogen and oxygen atoms in total.